The Balaban J connectivity index is -0.000000579. The first-order valence-corrected chi connectivity index (χ1v) is 7.61. The fourth-order valence-electron chi connectivity index (χ4n) is 1.09. The van der Waals surface area contributed by atoms with Crippen LogP contribution in [0, 0.1) is 10.8 Å². The van der Waals surface area contributed by atoms with E-state index in [0.717, 1.165) is 0 Å². The normalized spacial score (nSPS) is 12.8. The van der Waals surface area contributed by atoms with E-state index in [1.807, 2.05) is 33.8 Å². The molecule has 0 atom stereocenters. The lowest BCUT2D eigenvalue weighted by atomic mass is 9.84. The van der Waals surface area contributed by atoms with Crippen LogP contribution in [0.5, 0.6) is 0 Å². The van der Waals surface area contributed by atoms with Crippen molar-refractivity contribution in [3.8, 4) is 0 Å². The maximum Gasteiger partial charge on any atom is -0.0132 e. The molecule has 0 spiro atoms. The lowest BCUT2D eigenvalue weighted by Gasteiger charge is -2.21. The minimum absolute atomic E-state index is 0.177. The van der Waals surface area contributed by atoms with Crippen molar-refractivity contribution in [1.29, 1.82) is 0 Å². The molecule has 0 radical (unpaired) electrons. The summed E-state index contributed by atoms with van der Waals surface area (Å²) in [5.74, 6) is 0. The van der Waals surface area contributed by atoms with Gasteiger partial charge in [0.15, 0.2) is 0 Å². The van der Waals surface area contributed by atoms with Gasteiger partial charge in [-0.05, 0) is 23.3 Å². The zero-order chi connectivity index (χ0) is 16.3. The van der Waals surface area contributed by atoms with E-state index in [9.17, 15) is 0 Å². The third-order valence-corrected chi connectivity index (χ3v) is 2.78. The average Bonchev–Trinajstić information content (AvgIpc) is 2.32. The van der Waals surface area contributed by atoms with Gasteiger partial charge < -0.3 is 0 Å². The quantitative estimate of drug-likeness (QED) is 0.464. The van der Waals surface area contributed by atoms with Crippen LogP contribution < -0.4 is 0 Å². The Morgan fingerprint density at radius 1 is 0.737 bits per heavy atom. The molecule has 0 N–H and O–H groups in total. The van der Waals surface area contributed by atoms with Gasteiger partial charge in [-0.2, -0.15) is 0 Å². The van der Waals surface area contributed by atoms with Gasteiger partial charge in [0.2, 0.25) is 0 Å². The molecule has 0 aromatic heterocycles. The van der Waals surface area contributed by atoms with Gasteiger partial charge in [0, 0.05) is 0 Å². The minimum Gasteiger partial charge on any atom is -0.0988 e. The summed E-state index contributed by atoms with van der Waals surface area (Å²) in [5, 5.41) is 0. The van der Waals surface area contributed by atoms with Gasteiger partial charge in [0.25, 0.3) is 0 Å². The second-order valence-corrected chi connectivity index (χ2v) is 6.18. The highest BCUT2D eigenvalue weighted by Gasteiger charge is 2.14. The Kier molecular flexibility index (Phi) is 13.6. The Hall–Kier alpha value is -0.780. The molecule has 0 rings (SSSR count). The van der Waals surface area contributed by atoms with Gasteiger partial charge in [0.05, 0.1) is 0 Å². The zero-order valence-corrected chi connectivity index (χ0v) is 15.4. The second kappa shape index (κ2) is 11.1. The molecule has 0 heteroatoms. The van der Waals surface area contributed by atoms with Gasteiger partial charge in [-0.3, -0.25) is 0 Å². The molecular weight excluding hydrogens is 228 g/mol. The first kappa shape index (κ1) is 23.3. The van der Waals surface area contributed by atoms with Crippen LogP contribution in [0.1, 0.15) is 76.2 Å². The maximum atomic E-state index is 3.87. The number of rotatable bonds is 2. The van der Waals surface area contributed by atoms with Crippen molar-refractivity contribution in [2.45, 2.75) is 76.2 Å². The molecule has 0 aromatic rings. The molecule has 0 aromatic carbocycles. The summed E-state index contributed by atoms with van der Waals surface area (Å²) in [6.45, 7) is 27.4. The molecule has 114 valence electrons. The number of allylic oxidation sites excluding steroid dienone is 5. The van der Waals surface area contributed by atoms with Crippen LogP contribution in [0.4, 0.5) is 0 Å². The monoisotopic (exact) mass is 266 g/mol. The van der Waals surface area contributed by atoms with Crippen molar-refractivity contribution in [3.05, 3.63) is 36.0 Å². The summed E-state index contributed by atoms with van der Waals surface area (Å²) >= 11 is 0. The van der Waals surface area contributed by atoms with Crippen LogP contribution in [-0.4, -0.2) is 0 Å². The first-order valence-electron chi connectivity index (χ1n) is 7.61. The van der Waals surface area contributed by atoms with Crippen molar-refractivity contribution in [3.63, 3.8) is 0 Å². The summed E-state index contributed by atoms with van der Waals surface area (Å²) < 4.78 is 0. The molecule has 0 amide bonds. The van der Waals surface area contributed by atoms with Gasteiger partial charge >= 0.3 is 0 Å². The third-order valence-electron chi connectivity index (χ3n) is 2.78. The maximum absolute atomic E-state index is 3.87. The molecular formula is C19H38. The number of hydrogen-bond donors (Lipinski definition) is 0. The van der Waals surface area contributed by atoms with Crippen molar-refractivity contribution in [2.75, 3.05) is 0 Å². The molecule has 0 saturated heterocycles. The molecule has 0 fully saturated rings. The lowest BCUT2D eigenvalue weighted by Crippen LogP contribution is -2.08. The van der Waals surface area contributed by atoms with E-state index in [0.29, 0.717) is 0 Å². The van der Waals surface area contributed by atoms with E-state index in [2.05, 4.69) is 67.2 Å². The van der Waals surface area contributed by atoms with Crippen molar-refractivity contribution in [2.24, 2.45) is 10.8 Å². The van der Waals surface area contributed by atoms with Gasteiger partial charge in [-0.25, -0.2) is 0 Å². The highest BCUT2D eigenvalue weighted by molar-refractivity contribution is 5.29. The predicted molar refractivity (Wildman–Crippen MR) is 93.6 cm³/mol. The summed E-state index contributed by atoms with van der Waals surface area (Å²) in [5.41, 5.74) is 3.11. The van der Waals surface area contributed by atoms with E-state index < -0.39 is 0 Å². The van der Waals surface area contributed by atoms with E-state index in [-0.39, 0.29) is 10.8 Å². The number of hydrogen-bond acceptors (Lipinski definition) is 0. The molecule has 0 nitrogen and oxygen atoms in total. The molecule has 0 aliphatic heterocycles. The fraction of sp³-hybridized carbons (Fsp3) is 0.684. The van der Waals surface area contributed by atoms with Crippen molar-refractivity contribution < 1.29 is 0 Å². The molecule has 0 aliphatic rings. The van der Waals surface area contributed by atoms with Gasteiger partial charge in [0.1, 0.15) is 0 Å². The van der Waals surface area contributed by atoms with Gasteiger partial charge in [-0.15, -0.1) is 0 Å². The third kappa shape index (κ3) is 12.0. The summed E-state index contributed by atoms with van der Waals surface area (Å²) in [7, 11) is 0. The van der Waals surface area contributed by atoms with Crippen LogP contribution in [-0.2, 0) is 0 Å². The molecule has 0 heterocycles. The standard InChI is InChI=1S/C15H26.2C2H6/c1-9-13(15(6,7)8)11-10-12(2)14(3,4)5;2*1-2/h9-11H,1H2,2-8H3;2*1-2H3/b12-10+,13-11+;;. The highest BCUT2D eigenvalue weighted by Crippen LogP contribution is 2.28. The van der Waals surface area contributed by atoms with E-state index in [1.165, 1.54) is 11.1 Å². The van der Waals surface area contributed by atoms with Crippen LogP contribution >= 0.6 is 0 Å². The fourth-order valence-corrected chi connectivity index (χ4v) is 1.09. The van der Waals surface area contributed by atoms with Gasteiger partial charge in [-0.1, -0.05) is 99.6 Å². The first-order chi connectivity index (χ1) is 8.59. The minimum atomic E-state index is 0.177. The average molecular weight is 267 g/mol. The zero-order valence-electron chi connectivity index (χ0n) is 15.4. The topological polar surface area (TPSA) is 0 Å². The molecule has 0 aliphatic carbocycles. The van der Waals surface area contributed by atoms with Crippen LogP contribution in [0.2, 0.25) is 0 Å². The second-order valence-electron chi connectivity index (χ2n) is 6.18. The van der Waals surface area contributed by atoms with Crippen molar-refractivity contribution >= 4 is 0 Å². The van der Waals surface area contributed by atoms with E-state index in [1.54, 1.807) is 0 Å². The largest absolute Gasteiger partial charge is 0.0988 e. The van der Waals surface area contributed by atoms with E-state index >= 15 is 0 Å². The molecule has 0 unspecified atom stereocenters. The van der Waals surface area contributed by atoms with Crippen LogP contribution in [0.15, 0.2) is 36.0 Å². The Morgan fingerprint density at radius 2 is 1.11 bits per heavy atom. The Labute approximate surface area is 123 Å². The Bertz CT molecular complexity index is 274. The SMILES string of the molecule is C=C/C(=C\C=C(/C)C(C)(C)C)C(C)(C)C.CC.CC. The summed E-state index contributed by atoms with van der Waals surface area (Å²) in [6.07, 6.45) is 6.35. The predicted octanol–water partition coefficient (Wildman–Crippen LogP) is 7.19. The summed E-state index contributed by atoms with van der Waals surface area (Å²) in [6, 6.07) is 0. The smallest absolute Gasteiger partial charge is 0.0132 e. The van der Waals surface area contributed by atoms with Crippen LogP contribution in [0.3, 0.4) is 0 Å². The molecule has 0 bridgehead atoms. The Morgan fingerprint density at radius 3 is 1.32 bits per heavy atom. The summed E-state index contributed by atoms with van der Waals surface area (Å²) in [4.78, 5) is 0. The highest BCUT2D eigenvalue weighted by atomic mass is 14.2. The molecule has 19 heavy (non-hydrogen) atoms. The van der Waals surface area contributed by atoms with Crippen molar-refractivity contribution in [1.82, 2.24) is 0 Å². The lowest BCUT2D eigenvalue weighted by molar-refractivity contribution is 0.502. The van der Waals surface area contributed by atoms with E-state index in [4.69, 9.17) is 0 Å². The molecule has 0 saturated carbocycles. The van der Waals surface area contributed by atoms with Crippen LogP contribution in [0.25, 0.3) is 0 Å².